The third-order valence-corrected chi connectivity index (χ3v) is 4.18. The lowest BCUT2D eigenvalue weighted by Crippen LogP contribution is -2.03. The van der Waals surface area contributed by atoms with Gasteiger partial charge in [-0.15, -0.1) is 11.3 Å². The predicted molar refractivity (Wildman–Crippen MR) is 83.3 cm³/mol. The second kappa shape index (κ2) is 6.91. The fourth-order valence-electron chi connectivity index (χ4n) is 1.78. The molecule has 0 saturated heterocycles. The molecule has 0 amide bonds. The summed E-state index contributed by atoms with van der Waals surface area (Å²) in [5.41, 5.74) is 0.812. The average Bonchev–Trinajstić information content (AvgIpc) is 2.84. The molecule has 0 aliphatic heterocycles. The number of thiophene rings is 1. The minimum absolute atomic E-state index is 0.226. The number of halogens is 4. The van der Waals surface area contributed by atoms with Crippen molar-refractivity contribution >= 4 is 33.9 Å². The largest absolute Gasteiger partial charge is 0.426 e. The molecule has 108 valence electrons. The normalized spacial score (nSPS) is 11.8. The van der Waals surface area contributed by atoms with E-state index in [9.17, 15) is 13.2 Å². The van der Waals surface area contributed by atoms with Crippen molar-refractivity contribution < 1.29 is 17.9 Å². The number of hydrogen-bond acceptors (Lipinski definition) is 2. The zero-order valence-electron chi connectivity index (χ0n) is 10.4. The maximum atomic E-state index is 13.1. The molecule has 0 aliphatic carbocycles. The van der Waals surface area contributed by atoms with Gasteiger partial charge in [0.2, 0.25) is 0 Å². The Morgan fingerprint density at radius 3 is 2.45 bits per heavy atom. The summed E-state index contributed by atoms with van der Waals surface area (Å²) in [4.78, 5) is 0.0396. The molecular formula is C14H12F3IOS. The van der Waals surface area contributed by atoms with Crippen LogP contribution >= 0.6 is 33.9 Å². The fraction of sp³-hybridized carbons (Fsp3) is 0.286. The van der Waals surface area contributed by atoms with Crippen LogP contribution < -0.4 is 0 Å². The van der Waals surface area contributed by atoms with Crippen molar-refractivity contribution in [3.05, 3.63) is 46.2 Å². The second-order valence-electron chi connectivity index (χ2n) is 4.06. The van der Waals surface area contributed by atoms with E-state index in [0.717, 1.165) is 15.8 Å². The van der Waals surface area contributed by atoms with Gasteiger partial charge in [-0.1, -0.05) is 52.9 Å². The van der Waals surface area contributed by atoms with Crippen LogP contribution in [0.4, 0.5) is 13.2 Å². The number of alkyl halides is 4. The minimum atomic E-state index is -4.34. The van der Waals surface area contributed by atoms with Crippen LogP contribution in [0.3, 0.4) is 0 Å². The third kappa shape index (κ3) is 3.95. The number of ether oxygens (including phenoxy) is 1. The molecule has 0 aliphatic rings. The zero-order chi connectivity index (χ0) is 14.6. The van der Waals surface area contributed by atoms with Crippen molar-refractivity contribution in [2.45, 2.75) is 12.8 Å². The van der Waals surface area contributed by atoms with Crippen LogP contribution in [0, 0.1) is 0 Å². The molecule has 2 aromatic rings. The molecule has 0 radical (unpaired) electrons. The number of rotatable bonds is 5. The van der Waals surface area contributed by atoms with Crippen LogP contribution in [0.5, 0.6) is 0 Å². The Morgan fingerprint density at radius 1 is 1.15 bits per heavy atom. The highest BCUT2D eigenvalue weighted by Gasteiger charge is 2.36. The highest BCUT2D eigenvalue weighted by Crippen LogP contribution is 2.42. The van der Waals surface area contributed by atoms with Crippen LogP contribution in [0.15, 0.2) is 36.4 Å². The minimum Gasteiger partial charge on any atom is -0.375 e. The van der Waals surface area contributed by atoms with Gasteiger partial charge in [-0.3, -0.25) is 0 Å². The van der Waals surface area contributed by atoms with Gasteiger partial charge in [-0.2, -0.15) is 13.2 Å². The Bertz CT molecular complexity index is 551. The predicted octanol–water partition coefficient (Wildman–Crippen LogP) is 5.39. The smallest absolute Gasteiger partial charge is 0.375 e. The van der Waals surface area contributed by atoms with E-state index in [4.69, 9.17) is 4.74 Å². The summed E-state index contributed by atoms with van der Waals surface area (Å²) < 4.78 is 45.5. The lowest BCUT2D eigenvalue weighted by Gasteiger charge is -2.07. The Hall–Kier alpha value is -0.600. The molecule has 0 fully saturated rings. The van der Waals surface area contributed by atoms with Gasteiger partial charge in [0.25, 0.3) is 0 Å². The average molecular weight is 412 g/mol. The fourth-order valence-corrected chi connectivity index (χ4v) is 3.08. The Morgan fingerprint density at radius 2 is 1.85 bits per heavy atom. The van der Waals surface area contributed by atoms with Gasteiger partial charge >= 0.3 is 6.18 Å². The molecular weight excluding hydrogens is 400 g/mol. The van der Waals surface area contributed by atoms with E-state index in [-0.39, 0.29) is 12.2 Å². The second-order valence-corrected chi connectivity index (χ2v) is 6.28. The first-order valence-electron chi connectivity index (χ1n) is 5.91. The Labute approximate surface area is 132 Å². The molecule has 1 aromatic carbocycles. The Balaban J connectivity index is 2.34. The first kappa shape index (κ1) is 15.8. The van der Waals surface area contributed by atoms with Crippen molar-refractivity contribution in [3.63, 3.8) is 0 Å². The van der Waals surface area contributed by atoms with E-state index in [2.05, 4.69) is 22.6 Å². The van der Waals surface area contributed by atoms with Gasteiger partial charge in [0.15, 0.2) is 0 Å². The highest BCUT2D eigenvalue weighted by atomic mass is 127. The molecule has 1 heterocycles. The highest BCUT2D eigenvalue weighted by molar-refractivity contribution is 14.1. The molecule has 1 aromatic heterocycles. The van der Waals surface area contributed by atoms with Gasteiger partial charge in [0.05, 0.1) is 13.2 Å². The summed E-state index contributed by atoms with van der Waals surface area (Å²) in [5.74, 6) is 0. The van der Waals surface area contributed by atoms with E-state index in [0.29, 0.717) is 17.0 Å². The van der Waals surface area contributed by atoms with E-state index in [1.54, 1.807) is 36.4 Å². The van der Waals surface area contributed by atoms with Crippen molar-refractivity contribution in [1.29, 1.82) is 0 Å². The number of benzene rings is 1. The van der Waals surface area contributed by atoms with E-state index < -0.39 is 11.1 Å². The monoisotopic (exact) mass is 412 g/mol. The molecule has 0 N–H and O–H groups in total. The molecule has 0 spiro atoms. The first-order chi connectivity index (χ1) is 9.52. The summed E-state index contributed by atoms with van der Waals surface area (Å²) in [6.45, 7) is 0.768. The topological polar surface area (TPSA) is 9.23 Å². The van der Waals surface area contributed by atoms with Gasteiger partial charge in [-0.05, 0) is 11.6 Å². The lowest BCUT2D eigenvalue weighted by molar-refractivity contribution is -0.133. The lowest BCUT2D eigenvalue weighted by atomic mass is 10.1. The van der Waals surface area contributed by atoms with E-state index in [1.165, 1.54) is 0 Å². The van der Waals surface area contributed by atoms with Crippen LogP contribution in [0.25, 0.3) is 11.1 Å². The van der Waals surface area contributed by atoms with Crippen LogP contribution in [0.1, 0.15) is 9.75 Å². The van der Waals surface area contributed by atoms with E-state index >= 15 is 0 Å². The van der Waals surface area contributed by atoms with Crippen molar-refractivity contribution in [2.24, 2.45) is 0 Å². The molecule has 0 unspecified atom stereocenters. The molecule has 0 saturated carbocycles. The van der Waals surface area contributed by atoms with Gasteiger partial charge in [-0.25, -0.2) is 0 Å². The van der Waals surface area contributed by atoms with Crippen molar-refractivity contribution in [2.75, 3.05) is 11.0 Å². The summed E-state index contributed by atoms with van der Waals surface area (Å²) >= 11 is 2.92. The molecule has 0 bridgehead atoms. The van der Waals surface area contributed by atoms with Gasteiger partial charge in [0, 0.05) is 14.9 Å². The van der Waals surface area contributed by atoms with Gasteiger partial charge < -0.3 is 4.74 Å². The molecule has 20 heavy (non-hydrogen) atoms. The van der Waals surface area contributed by atoms with Crippen molar-refractivity contribution in [3.8, 4) is 11.1 Å². The SMILES string of the molecule is FC(F)(F)c1sc(COCCI)cc1-c1ccccc1. The molecule has 0 atom stereocenters. The maximum Gasteiger partial charge on any atom is 0.426 e. The van der Waals surface area contributed by atoms with E-state index in [1.807, 2.05) is 0 Å². The first-order valence-corrected chi connectivity index (χ1v) is 8.25. The van der Waals surface area contributed by atoms with Gasteiger partial charge in [0.1, 0.15) is 4.88 Å². The summed E-state index contributed by atoms with van der Waals surface area (Å²) in [7, 11) is 0. The molecule has 2 rings (SSSR count). The van der Waals surface area contributed by atoms with Crippen molar-refractivity contribution in [1.82, 2.24) is 0 Å². The quantitative estimate of drug-likeness (QED) is 0.364. The molecule has 6 heteroatoms. The van der Waals surface area contributed by atoms with Crippen LogP contribution in [0.2, 0.25) is 0 Å². The standard InChI is InChI=1S/C14H12F3IOS/c15-14(16,17)13-12(10-4-2-1-3-5-10)8-11(20-13)9-19-7-6-18/h1-5,8H,6-7,9H2. The van der Waals surface area contributed by atoms with Crippen LogP contribution in [-0.4, -0.2) is 11.0 Å². The number of hydrogen-bond donors (Lipinski definition) is 0. The third-order valence-electron chi connectivity index (χ3n) is 2.59. The molecule has 1 nitrogen and oxygen atoms in total. The summed E-state index contributed by atoms with van der Waals surface area (Å²) in [5, 5.41) is 0. The van der Waals surface area contributed by atoms with Crippen LogP contribution in [-0.2, 0) is 17.5 Å². The zero-order valence-corrected chi connectivity index (χ0v) is 13.4. The Kier molecular flexibility index (Phi) is 5.45. The summed E-state index contributed by atoms with van der Waals surface area (Å²) in [6.07, 6.45) is -4.34. The maximum absolute atomic E-state index is 13.1. The summed E-state index contributed by atoms with van der Waals surface area (Å²) in [6, 6.07) is 10.2.